The predicted octanol–water partition coefficient (Wildman–Crippen LogP) is 7.68. The second-order valence-corrected chi connectivity index (χ2v) is 14.1. The molecule has 2 aliphatic rings. The van der Waals surface area contributed by atoms with Crippen molar-refractivity contribution in [2.24, 2.45) is 0 Å². The van der Waals surface area contributed by atoms with Crippen LogP contribution in [0.3, 0.4) is 0 Å². The van der Waals surface area contributed by atoms with Crippen LogP contribution in [0.2, 0.25) is 10.0 Å². The minimum absolute atomic E-state index is 0.273. The van der Waals surface area contributed by atoms with E-state index in [9.17, 15) is 9.59 Å². The molecule has 11 heteroatoms. The maximum Gasteiger partial charge on any atom is 0.328 e. The standard InChI is InChI=1S/C42H39Cl2N3O6/c1-24-25(2)45-15-14-33(24)28-7-4-26(5-8-28)17-37(42(49)50-3)47-41(48)36-18-30-19-38-39(20-31(30)21-46-36)53-40(23-52-38)29-9-11-32(12-10-29)51-22-27-6-13-34(43)35(44)16-27/h4-16,19-20,36-37,40,46H,17-18,21-23H2,1-3H3,(H,47,48)/t36-,37+,40+/m1/s1. The number of hydrogen-bond acceptors (Lipinski definition) is 8. The summed E-state index contributed by atoms with van der Waals surface area (Å²) in [5.41, 5.74) is 9.06. The minimum Gasteiger partial charge on any atom is -0.489 e. The summed E-state index contributed by atoms with van der Waals surface area (Å²) in [7, 11) is 1.33. The lowest BCUT2D eigenvalue weighted by atomic mass is 9.94. The van der Waals surface area contributed by atoms with Crippen LogP contribution in [0.15, 0.2) is 91.1 Å². The number of hydrogen-bond donors (Lipinski definition) is 2. The molecule has 5 aromatic rings. The molecule has 3 atom stereocenters. The van der Waals surface area contributed by atoms with E-state index >= 15 is 0 Å². The SMILES string of the molecule is COC(=O)[C@H](Cc1ccc(-c2ccnc(C)c2C)cc1)NC(=O)[C@H]1Cc2cc3c(cc2CN1)O[C@H](c1ccc(OCc2ccc(Cl)c(Cl)c2)cc1)CO3. The summed E-state index contributed by atoms with van der Waals surface area (Å²) in [6, 6.07) is 25.7. The number of carbonyl (C=O) groups excluding carboxylic acids is 2. The Bertz CT molecular complexity index is 2140. The van der Waals surface area contributed by atoms with Gasteiger partial charge in [-0.1, -0.05) is 65.7 Å². The molecule has 272 valence electrons. The van der Waals surface area contributed by atoms with Crippen molar-refractivity contribution in [1.29, 1.82) is 0 Å². The van der Waals surface area contributed by atoms with Crippen molar-refractivity contribution in [2.75, 3.05) is 13.7 Å². The number of methoxy groups -OCH3 is 1. The highest BCUT2D eigenvalue weighted by Gasteiger charge is 2.31. The monoisotopic (exact) mass is 751 g/mol. The zero-order chi connectivity index (χ0) is 37.1. The Kier molecular flexibility index (Phi) is 10.9. The van der Waals surface area contributed by atoms with Crippen molar-refractivity contribution in [3.8, 4) is 28.4 Å². The fraction of sp³-hybridized carbons (Fsp3) is 0.262. The van der Waals surface area contributed by atoms with Crippen LogP contribution in [-0.4, -0.2) is 42.7 Å². The van der Waals surface area contributed by atoms with Crippen LogP contribution in [0.4, 0.5) is 0 Å². The Balaban J connectivity index is 0.956. The van der Waals surface area contributed by atoms with Gasteiger partial charge in [-0.05, 0) is 107 Å². The van der Waals surface area contributed by atoms with Gasteiger partial charge in [0.2, 0.25) is 5.91 Å². The topological polar surface area (TPSA) is 108 Å². The molecule has 0 radical (unpaired) electrons. The van der Waals surface area contributed by atoms with Gasteiger partial charge in [-0.25, -0.2) is 4.79 Å². The van der Waals surface area contributed by atoms with E-state index in [1.807, 2.05) is 79.7 Å². The van der Waals surface area contributed by atoms with Gasteiger partial charge < -0.3 is 29.6 Å². The quantitative estimate of drug-likeness (QED) is 0.140. The molecular weight excluding hydrogens is 713 g/mol. The van der Waals surface area contributed by atoms with Gasteiger partial charge >= 0.3 is 5.97 Å². The molecule has 2 aliphatic heterocycles. The third-order valence-corrected chi connectivity index (χ3v) is 10.5. The van der Waals surface area contributed by atoms with Gasteiger partial charge in [0.25, 0.3) is 0 Å². The van der Waals surface area contributed by atoms with E-state index in [1.54, 1.807) is 18.3 Å². The molecule has 3 heterocycles. The summed E-state index contributed by atoms with van der Waals surface area (Å²) >= 11 is 12.1. The van der Waals surface area contributed by atoms with Crippen molar-refractivity contribution in [3.63, 3.8) is 0 Å². The van der Waals surface area contributed by atoms with Gasteiger partial charge in [-0.3, -0.25) is 9.78 Å². The number of nitrogens with zero attached hydrogens (tertiary/aromatic N) is 1. The molecule has 0 spiro atoms. The Hall–Kier alpha value is -5.09. The maximum atomic E-state index is 13.5. The Morgan fingerprint density at radius 1 is 0.925 bits per heavy atom. The number of halogens is 2. The van der Waals surface area contributed by atoms with Crippen LogP contribution < -0.4 is 24.8 Å². The number of pyridine rings is 1. The Morgan fingerprint density at radius 3 is 2.43 bits per heavy atom. The van der Waals surface area contributed by atoms with Gasteiger partial charge in [0.05, 0.1) is 23.2 Å². The summed E-state index contributed by atoms with van der Waals surface area (Å²) in [6.45, 7) is 5.20. The van der Waals surface area contributed by atoms with Crippen LogP contribution in [0.25, 0.3) is 11.1 Å². The summed E-state index contributed by atoms with van der Waals surface area (Å²) in [5.74, 6) is 1.23. The lowest BCUT2D eigenvalue weighted by Gasteiger charge is -2.31. The number of amides is 1. The fourth-order valence-corrected chi connectivity index (χ4v) is 6.94. The molecule has 0 bridgehead atoms. The second-order valence-electron chi connectivity index (χ2n) is 13.3. The van der Waals surface area contributed by atoms with E-state index in [4.69, 9.17) is 42.1 Å². The third-order valence-electron chi connectivity index (χ3n) is 9.81. The fourth-order valence-electron chi connectivity index (χ4n) is 6.62. The number of esters is 1. The largest absolute Gasteiger partial charge is 0.489 e. The lowest BCUT2D eigenvalue weighted by Crippen LogP contribution is -2.53. The van der Waals surface area contributed by atoms with Crippen molar-refractivity contribution in [3.05, 3.63) is 140 Å². The number of aryl methyl sites for hydroxylation is 1. The second kappa shape index (κ2) is 15.9. The molecule has 2 N–H and O–H groups in total. The van der Waals surface area contributed by atoms with Crippen LogP contribution >= 0.6 is 23.2 Å². The van der Waals surface area contributed by atoms with E-state index in [0.717, 1.165) is 50.2 Å². The molecule has 0 unspecified atom stereocenters. The van der Waals surface area contributed by atoms with E-state index in [0.29, 0.717) is 59.9 Å². The number of ether oxygens (including phenoxy) is 4. The Morgan fingerprint density at radius 2 is 1.68 bits per heavy atom. The number of rotatable bonds is 10. The Labute approximate surface area is 318 Å². The highest BCUT2D eigenvalue weighted by atomic mass is 35.5. The van der Waals surface area contributed by atoms with E-state index < -0.39 is 18.1 Å². The summed E-state index contributed by atoms with van der Waals surface area (Å²) < 4.78 is 23.6. The number of benzene rings is 4. The van der Waals surface area contributed by atoms with E-state index in [2.05, 4.69) is 22.5 Å². The first kappa shape index (κ1) is 36.3. The molecule has 7 rings (SSSR count). The molecule has 9 nitrogen and oxygen atoms in total. The van der Waals surface area contributed by atoms with Crippen molar-refractivity contribution in [2.45, 2.75) is 58.0 Å². The molecule has 0 saturated carbocycles. The molecule has 0 saturated heterocycles. The van der Waals surface area contributed by atoms with E-state index in [1.165, 1.54) is 7.11 Å². The maximum absolute atomic E-state index is 13.5. The molecule has 0 fully saturated rings. The molecule has 4 aromatic carbocycles. The molecule has 1 amide bonds. The average molecular weight is 753 g/mol. The van der Waals surface area contributed by atoms with Crippen LogP contribution in [0, 0.1) is 13.8 Å². The minimum atomic E-state index is -0.841. The molecule has 1 aromatic heterocycles. The molecular formula is C42H39Cl2N3O6. The summed E-state index contributed by atoms with van der Waals surface area (Å²) in [6.07, 6.45) is 2.23. The average Bonchev–Trinajstić information content (AvgIpc) is 3.18. The summed E-state index contributed by atoms with van der Waals surface area (Å²) in [4.78, 5) is 30.7. The lowest BCUT2D eigenvalue weighted by molar-refractivity contribution is -0.145. The number of fused-ring (bicyclic) bond motifs is 2. The third kappa shape index (κ3) is 8.28. The van der Waals surface area contributed by atoms with Gasteiger partial charge in [0.1, 0.15) is 25.0 Å². The first-order chi connectivity index (χ1) is 25.6. The first-order valence-corrected chi connectivity index (χ1v) is 18.2. The van der Waals surface area contributed by atoms with E-state index in [-0.39, 0.29) is 12.0 Å². The predicted molar refractivity (Wildman–Crippen MR) is 204 cm³/mol. The van der Waals surface area contributed by atoms with Crippen LogP contribution in [0.1, 0.15) is 45.2 Å². The van der Waals surface area contributed by atoms with Gasteiger partial charge in [-0.15, -0.1) is 0 Å². The molecule has 53 heavy (non-hydrogen) atoms. The summed E-state index contributed by atoms with van der Waals surface area (Å²) in [5, 5.41) is 7.26. The number of nitrogens with one attached hydrogen (secondary N) is 2. The van der Waals surface area contributed by atoms with Crippen LogP contribution in [-0.2, 0) is 40.3 Å². The van der Waals surface area contributed by atoms with Crippen LogP contribution in [0.5, 0.6) is 17.2 Å². The highest BCUT2D eigenvalue weighted by molar-refractivity contribution is 6.42. The van der Waals surface area contributed by atoms with Crippen molar-refractivity contribution >= 4 is 35.1 Å². The normalized spacial score (nSPS) is 16.6. The van der Waals surface area contributed by atoms with Gasteiger partial charge in [0, 0.05) is 24.9 Å². The smallest absolute Gasteiger partial charge is 0.328 e. The zero-order valence-corrected chi connectivity index (χ0v) is 31.1. The number of aromatic nitrogens is 1. The molecule has 0 aliphatic carbocycles. The zero-order valence-electron chi connectivity index (χ0n) is 29.6. The highest BCUT2D eigenvalue weighted by Crippen LogP contribution is 2.40. The van der Waals surface area contributed by atoms with Crippen molar-refractivity contribution < 1.29 is 28.5 Å². The first-order valence-electron chi connectivity index (χ1n) is 17.4. The van der Waals surface area contributed by atoms with Gasteiger partial charge in [-0.2, -0.15) is 0 Å². The van der Waals surface area contributed by atoms with Gasteiger partial charge in [0.15, 0.2) is 17.6 Å². The van der Waals surface area contributed by atoms with Crippen molar-refractivity contribution in [1.82, 2.24) is 15.6 Å². The number of carbonyl (C=O) groups is 2.